The molecule has 1 aliphatic carbocycles. The summed E-state index contributed by atoms with van der Waals surface area (Å²) in [5.74, 6) is 0.928. The number of nitrogens with one attached hydrogen (secondary N) is 1. The number of hydrogen-bond acceptors (Lipinski definition) is 2. The Kier molecular flexibility index (Phi) is 4.48. The third-order valence-corrected chi connectivity index (χ3v) is 4.80. The Hall–Kier alpha value is -0.0800. The van der Waals surface area contributed by atoms with Gasteiger partial charge in [-0.05, 0) is 44.2 Å². The van der Waals surface area contributed by atoms with Gasteiger partial charge in [-0.25, -0.2) is 0 Å². The Labute approximate surface area is 107 Å². The first-order valence-electron chi connectivity index (χ1n) is 7.50. The van der Waals surface area contributed by atoms with Gasteiger partial charge in [-0.15, -0.1) is 0 Å². The van der Waals surface area contributed by atoms with Crippen molar-refractivity contribution in [3.63, 3.8) is 0 Å². The molecule has 1 aliphatic heterocycles. The number of rotatable bonds is 4. The number of likely N-dealkylation sites (tertiary alicyclic amines) is 1. The Morgan fingerprint density at radius 2 is 1.94 bits per heavy atom. The third kappa shape index (κ3) is 3.69. The third-order valence-electron chi connectivity index (χ3n) is 4.80. The zero-order valence-electron chi connectivity index (χ0n) is 12.0. The topological polar surface area (TPSA) is 15.3 Å². The van der Waals surface area contributed by atoms with Gasteiger partial charge in [0.2, 0.25) is 0 Å². The fraction of sp³-hybridized carbons (Fsp3) is 1.00. The van der Waals surface area contributed by atoms with Gasteiger partial charge in [0, 0.05) is 19.1 Å². The van der Waals surface area contributed by atoms with Crippen LogP contribution >= 0.6 is 0 Å². The van der Waals surface area contributed by atoms with Gasteiger partial charge in [0.15, 0.2) is 0 Å². The van der Waals surface area contributed by atoms with Crippen molar-refractivity contribution in [2.75, 3.05) is 26.7 Å². The smallest absolute Gasteiger partial charge is 0.0220 e. The maximum absolute atomic E-state index is 3.58. The van der Waals surface area contributed by atoms with E-state index >= 15 is 0 Å². The summed E-state index contributed by atoms with van der Waals surface area (Å²) < 4.78 is 0. The average molecular weight is 238 g/mol. The molecule has 100 valence electrons. The molecule has 17 heavy (non-hydrogen) atoms. The lowest BCUT2D eigenvalue weighted by Crippen LogP contribution is -2.44. The molecule has 1 unspecified atom stereocenters. The molecule has 0 bridgehead atoms. The number of hydrogen-bond donors (Lipinski definition) is 1. The fourth-order valence-electron chi connectivity index (χ4n) is 3.67. The predicted molar refractivity (Wildman–Crippen MR) is 74.3 cm³/mol. The van der Waals surface area contributed by atoms with E-state index in [9.17, 15) is 0 Å². The Morgan fingerprint density at radius 1 is 1.24 bits per heavy atom. The molecule has 0 spiro atoms. The first kappa shape index (κ1) is 13.4. The predicted octanol–water partition coefficient (Wildman–Crippen LogP) is 2.89. The second-order valence-electron chi connectivity index (χ2n) is 6.94. The highest BCUT2D eigenvalue weighted by molar-refractivity contribution is 4.87. The van der Waals surface area contributed by atoms with Crippen molar-refractivity contribution >= 4 is 0 Å². The van der Waals surface area contributed by atoms with Crippen LogP contribution in [-0.2, 0) is 0 Å². The van der Waals surface area contributed by atoms with E-state index in [0.717, 1.165) is 12.0 Å². The molecule has 0 aromatic rings. The van der Waals surface area contributed by atoms with E-state index in [1.807, 2.05) is 0 Å². The van der Waals surface area contributed by atoms with Gasteiger partial charge in [-0.2, -0.15) is 0 Å². The molecule has 0 amide bonds. The SMILES string of the molecule is CNC(CN1CCC(C)(C)C1)C1CCCCC1. The highest BCUT2D eigenvalue weighted by Crippen LogP contribution is 2.31. The van der Waals surface area contributed by atoms with Gasteiger partial charge in [-0.1, -0.05) is 33.1 Å². The summed E-state index contributed by atoms with van der Waals surface area (Å²) in [7, 11) is 2.15. The van der Waals surface area contributed by atoms with Gasteiger partial charge in [-0.3, -0.25) is 0 Å². The average Bonchev–Trinajstić information content (AvgIpc) is 2.67. The van der Waals surface area contributed by atoms with E-state index in [-0.39, 0.29) is 0 Å². The molecule has 2 rings (SSSR count). The van der Waals surface area contributed by atoms with Crippen LogP contribution in [0.5, 0.6) is 0 Å². The summed E-state index contributed by atoms with van der Waals surface area (Å²) in [4.78, 5) is 2.68. The molecule has 1 N–H and O–H groups in total. The van der Waals surface area contributed by atoms with Gasteiger partial charge in [0.05, 0.1) is 0 Å². The fourth-order valence-corrected chi connectivity index (χ4v) is 3.67. The summed E-state index contributed by atoms with van der Waals surface area (Å²) >= 11 is 0. The summed E-state index contributed by atoms with van der Waals surface area (Å²) in [6.07, 6.45) is 8.63. The first-order valence-corrected chi connectivity index (χ1v) is 7.50. The van der Waals surface area contributed by atoms with Crippen LogP contribution in [0.3, 0.4) is 0 Å². The molecule has 2 nitrogen and oxygen atoms in total. The van der Waals surface area contributed by atoms with Crippen molar-refractivity contribution in [1.29, 1.82) is 0 Å². The van der Waals surface area contributed by atoms with Crippen LogP contribution < -0.4 is 5.32 Å². The van der Waals surface area contributed by atoms with Crippen molar-refractivity contribution < 1.29 is 0 Å². The minimum Gasteiger partial charge on any atom is -0.315 e. The van der Waals surface area contributed by atoms with Crippen molar-refractivity contribution in [2.45, 2.75) is 58.4 Å². The molecular weight excluding hydrogens is 208 g/mol. The minimum atomic E-state index is 0.546. The van der Waals surface area contributed by atoms with E-state index in [4.69, 9.17) is 0 Å². The van der Waals surface area contributed by atoms with Crippen LogP contribution in [0, 0.1) is 11.3 Å². The van der Waals surface area contributed by atoms with Gasteiger partial charge in [0.25, 0.3) is 0 Å². The van der Waals surface area contributed by atoms with Gasteiger partial charge < -0.3 is 10.2 Å². The van der Waals surface area contributed by atoms with E-state index in [1.54, 1.807) is 0 Å². The zero-order valence-corrected chi connectivity index (χ0v) is 12.0. The van der Waals surface area contributed by atoms with Crippen LogP contribution in [-0.4, -0.2) is 37.6 Å². The Balaban J connectivity index is 1.82. The second-order valence-corrected chi connectivity index (χ2v) is 6.94. The Morgan fingerprint density at radius 3 is 2.47 bits per heavy atom. The van der Waals surface area contributed by atoms with Crippen molar-refractivity contribution in [3.8, 4) is 0 Å². The molecule has 1 heterocycles. The quantitative estimate of drug-likeness (QED) is 0.810. The van der Waals surface area contributed by atoms with Crippen LogP contribution in [0.15, 0.2) is 0 Å². The first-order chi connectivity index (χ1) is 8.11. The van der Waals surface area contributed by atoms with Crippen LogP contribution in [0.1, 0.15) is 52.4 Å². The maximum atomic E-state index is 3.58. The van der Waals surface area contributed by atoms with Crippen molar-refractivity contribution in [2.24, 2.45) is 11.3 Å². The van der Waals surface area contributed by atoms with Crippen LogP contribution in [0.4, 0.5) is 0 Å². The van der Waals surface area contributed by atoms with E-state index in [1.165, 1.54) is 58.2 Å². The van der Waals surface area contributed by atoms with Crippen LogP contribution in [0.2, 0.25) is 0 Å². The lowest BCUT2D eigenvalue weighted by molar-refractivity contribution is 0.200. The summed E-state index contributed by atoms with van der Waals surface area (Å²) in [6.45, 7) is 8.67. The molecule has 0 aromatic heterocycles. The van der Waals surface area contributed by atoms with E-state index < -0.39 is 0 Å². The van der Waals surface area contributed by atoms with E-state index in [2.05, 4.69) is 31.1 Å². The zero-order chi connectivity index (χ0) is 12.3. The molecule has 2 heteroatoms. The highest BCUT2D eigenvalue weighted by Gasteiger charge is 2.32. The van der Waals surface area contributed by atoms with Crippen molar-refractivity contribution in [1.82, 2.24) is 10.2 Å². The lowest BCUT2D eigenvalue weighted by Gasteiger charge is -2.33. The summed E-state index contributed by atoms with van der Waals surface area (Å²) in [5, 5.41) is 3.58. The largest absolute Gasteiger partial charge is 0.315 e. The molecule has 1 atom stereocenters. The number of likely N-dealkylation sites (N-methyl/N-ethyl adjacent to an activating group) is 1. The van der Waals surface area contributed by atoms with E-state index in [0.29, 0.717) is 5.41 Å². The molecule has 0 radical (unpaired) electrons. The van der Waals surface area contributed by atoms with Gasteiger partial charge >= 0.3 is 0 Å². The standard InChI is InChI=1S/C15H30N2/c1-15(2)9-10-17(12-15)11-14(16-3)13-7-5-4-6-8-13/h13-14,16H,4-12H2,1-3H3. The van der Waals surface area contributed by atoms with Crippen LogP contribution in [0.25, 0.3) is 0 Å². The number of nitrogens with zero attached hydrogens (tertiary/aromatic N) is 1. The lowest BCUT2D eigenvalue weighted by atomic mass is 9.83. The molecule has 0 aromatic carbocycles. The normalized spacial score (nSPS) is 28.4. The molecule has 1 saturated carbocycles. The van der Waals surface area contributed by atoms with Gasteiger partial charge in [0.1, 0.15) is 0 Å². The second kappa shape index (κ2) is 5.71. The minimum absolute atomic E-state index is 0.546. The monoisotopic (exact) mass is 238 g/mol. The molecular formula is C15H30N2. The molecule has 2 aliphatic rings. The summed E-state index contributed by atoms with van der Waals surface area (Å²) in [6, 6.07) is 0.726. The molecule has 2 fully saturated rings. The Bertz CT molecular complexity index is 231. The molecule has 1 saturated heterocycles. The highest BCUT2D eigenvalue weighted by atomic mass is 15.2. The summed E-state index contributed by atoms with van der Waals surface area (Å²) in [5.41, 5.74) is 0.546. The van der Waals surface area contributed by atoms with Crippen molar-refractivity contribution in [3.05, 3.63) is 0 Å². The maximum Gasteiger partial charge on any atom is 0.0220 e.